The first-order valence-corrected chi connectivity index (χ1v) is 12.2. The number of benzene rings is 3. The number of piperazine rings is 1. The first kappa shape index (κ1) is 23.0. The van der Waals surface area contributed by atoms with E-state index in [4.69, 9.17) is 14.5 Å². The molecule has 0 aliphatic carbocycles. The highest BCUT2D eigenvalue weighted by atomic mass is 16.5. The number of aliphatic imine (C=N–C) groups is 1. The van der Waals surface area contributed by atoms with Gasteiger partial charge in [-0.05, 0) is 49.2 Å². The van der Waals surface area contributed by atoms with Crippen molar-refractivity contribution in [3.8, 4) is 17.2 Å². The van der Waals surface area contributed by atoms with Crippen LogP contribution >= 0.6 is 0 Å². The predicted octanol–water partition coefficient (Wildman–Crippen LogP) is 5.61. The zero-order chi connectivity index (χ0) is 24.4. The van der Waals surface area contributed by atoms with Crippen molar-refractivity contribution in [3.63, 3.8) is 0 Å². The fourth-order valence-corrected chi connectivity index (χ4v) is 4.99. The van der Waals surface area contributed by atoms with E-state index in [1.54, 1.807) is 7.11 Å². The number of hydrogen-bond acceptors (Lipinski definition) is 5. The minimum Gasteiger partial charge on any atom is -0.497 e. The Hall–Kier alpha value is -3.80. The van der Waals surface area contributed by atoms with Crippen LogP contribution in [0.5, 0.6) is 17.2 Å². The Labute approximate surface area is 206 Å². The molecule has 2 aliphatic rings. The van der Waals surface area contributed by atoms with Crippen LogP contribution in [0.25, 0.3) is 0 Å². The van der Waals surface area contributed by atoms with E-state index < -0.39 is 0 Å². The van der Waals surface area contributed by atoms with Crippen molar-refractivity contribution in [1.82, 2.24) is 9.80 Å². The van der Waals surface area contributed by atoms with Gasteiger partial charge in [0.25, 0.3) is 0 Å². The van der Waals surface area contributed by atoms with Gasteiger partial charge in [0.15, 0.2) is 5.75 Å². The number of methoxy groups -OCH3 is 1. The summed E-state index contributed by atoms with van der Waals surface area (Å²) in [5.41, 5.74) is 2.76. The number of rotatable bonds is 4. The van der Waals surface area contributed by atoms with Crippen molar-refractivity contribution in [2.24, 2.45) is 4.99 Å². The molecular formula is C29H31N3O3. The van der Waals surface area contributed by atoms with Gasteiger partial charge in [0.2, 0.25) is 5.91 Å². The lowest BCUT2D eigenvalue weighted by molar-refractivity contribution is -0.136. The number of para-hydroxylation sites is 2. The first-order valence-electron chi connectivity index (χ1n) is 12.2. The lowest BCUT2D eigenvalue weighted by Gasteiger charge is -2.42. The summed E-state index contributed by atoms with van der Waals surface area (Å²) in [5, 5.41) is 0. The normalized spacial score (nSPS) is 17.9. The molecule has 0 radical (unpaired) electrons. The van der Waals surface area contributed by atoms with Gasteiger partial charge in [0.1, 0.15) is 23.0 Å². The summed E-state index contributed by atoms with van der Waals surface area (Å²) in [4.78, 5) is 22.9. The lowest BCUT2D eigenvalue weighted by atomic mass is 9.94. The average molecular weight is 470 g/mol. The van der Waals surface area contributed by atoms with E-state index in [-0.39, 0.29) is 17.9 Å². The van der Waals surface area contributed by atoms with E-state index in [1.807, 2.05) is 65.6 Å². The molecule has 3 aromatic carbocycles. The molecule has 0 bridgehead atoms. The molecule has 0 aromatic heterocycles. The van der Waals surface area contributed by atoms with Crippen LogP contribution in [0.1, 0.15) is 37.3 Å². The van der Waals surface area contributed by atoms with Gasteiger partial charge in [-0.15, -0.1) is 0 Å². The minimum absolute atomic E-state index is 0.0465. The maximum Gasteiger partial charge on any atom is 0.230 e. The van der Waals surface area contributed by atoms with Gasteiger partial charge in [0, 0.05) is 25.7 Å². The van der Waals surface area contributed by atoms with Crippen molar-refractivity contribution >= 4 is 17.4 Å². The summed E-state index contributed by atoms with van der Waals surface area (Å²) in [6, 6.07) is 23.8. The van der Waals surface area contributed by atoms with E-state index in [0.717, 1.165) is 46.3 Å². The third-order valence-electron chi connectivity index (χ3n) is 6.86. The van der Waals surface area contributed by atoms with Crippen molar-refractivity contribution in [2.45, 2.75) is 32.2 Å². The molecular weight excluding hydrogens is 438 g/mol. The van der Waals surface area contributed by atoms with Crippen LogP contribution in [0.4, 0.5) is 5.69 Å². The molecule has 2 atom stereocenters. The number of ether oxygens (including phenoxy) is 2. The largest absolute Gasteiger partial charge is 0.497 e. The highest BCUT2D eigenvalue weighted by Crippen LogP contribution is 2.39. The number of amides is 1. The van der Waals surface area contributed by atoms with Gasteiger partial charge in [-0.2, -0.15) is 0 Å². The van der Waals surface area contributed by atoms with Crippen LogP contribution in [0.15, 0.2) is 77.8 Å². The fraction of sp³-hybridized carbons (Fsp3) is 0.310. The second-order valence-electron chi connectivity index (χ2n) is 9.07. The standard InChI is InChI=1S/C29H31N3O3/c1-4-23(21-10-6-5-7-11-21)29(33)32-17-16-31(19-20(32)2)28-24-18-22(34-3)14-15-26(24)35-27-13-9-8-12-25(27)30-28/h5-15,18,20,23H,4,16-17,19H2,1-3H3. The molecule has 2 aliphatic heterocycles. The van der Waals surface area contributed by atoms with E-state index >= 15 is 0 Å². The van der Waals surface area contributed by atoms with Gasteiger partial charge in [-0.25, -0.2) is 4.99 Å². The summed E-state index contributed by atoms with van der Waals surface area (Å²) in [6.07, 6.45) is 0.782. The van der Waals surface area contributed by atoms with Crippen LogP contribution < -0.4 is 9.47 Å². The highest BCUT2D eigenvalue weighted by Gasteiger charge is 2.34. The maximum absolute atomic E-state index is 13.6. The van der Waals surface area contributed by atoms with Crippen LogP contribution in [-0.2, 0) is 4.79 Å². The number of hydrogen-bond donors (Lipinski definition) is 0. The highest BCUT2D eigenvalue weighted by molar-refractivity contribution is 6.04. The summed E-state index contributed by atoms with van der Waals surface area (Å²) >= 11 is 0. The Morgan fingerprint density at radius 3 is 2.57 bits per heavy atom. The van der Waals surface area contributed by atoms with E-state index in [9.17, 15) is 4.79 Å². The van der Waals surface area contributed by atoms with E-state index in [0.29, 0.717) is 19.6 Å². The zero-order valence-electron chi connectivity index (χ0n) is 20.5. The smallest absolute Gasteiger partial charge is 0.230 e. The summed E-state index contributed by atoms with van der Waals surface area (Å²) < 4.78 is 11.7. The van der Waals surface area contributed by atoms with Gasteiger partial charge in [-0.1, -0.05) is 49.4 Å². The molecule has 0 N–H and O–H groups in total. The second-order valence-corrected chi connectivity index (χ2v) is 9.07. The van der Waals surface area contributed by atoms with Crippen molar-refractivity contribution in [1.29, 1.82) is 0 Å². The summed E-state index contributed by atoms with van der Waals surface area (Å²) in [7, 11) is 1.66. The van der Waals surface area contributed by atoms with E-state index in [1.165, 1.54) is 0 Å². The molecule has 2 unspecified atom stereocenters. The molecule has 35 heavy (non-hydrogen) atoms. The molecule has 0 saturated carbocycles. The zero-order valence-corrected chi connectivity index (χ0v) is 20.5. The van der Waals surface area contributed by atoms with Crippen molar-refractivity contribution < 1.29 is 14.3 Å². The predicted molar refractivity (Wildman–Crippen MR) is 138 cm³/mol. The molecule has 2 heterocycles. The number of nitrogens with zero attached hydrogens (tertiary/aromatic N) is 3. The van der Waals surface area contributed by atoms with Crippen LogP contribution in [0.3, 0.4) is 0 Å². The Balaban J connectivity index is 1.43. The topological polar surface area (TPSA) is 54.4 Å². The average Bonchev–Trinajstić information content (AvgIpc) is 3.06. The first-order chi connectivity index (χ1) is 17.1. The second kappa shape index (κ2) is 9.82. The maximum atomic E-state index is 13.6. The van der Waals surface area contributed by atoms with Gasteiger partial charge >= 0.3 is 0 Å². The molecule has 6 nitrogen and oxygen atoms in total. The van der Waals surface area contributed by atoms with Crippen LogP contribution in [0, 0.1) is 0 Å². The van der Waals surface area contributed by atoms with Gasteiger partial charge < -0.3 is 19.3 Å². The third kappa shape index (κ3) is 4.48. The van der Waals surface area contributed by atoms with Gasteiger partial charge in [0.05, 0.1) is 18.6 Å². The van der Waals surface area contributed by atoms with Crippen molar-refractivity contribution in [2.75, 3.05) is 26.7 Å². The quantitative estimate of drug-likeness (QED) is 0.499. The van der Waals surface area contributed by atoms with Crippen molar-refractivity contribution in [3.05, 3.63) is 83.9 Å². The Kier molecular flexibility index (Phi) is 6.45. The molecule has 1 fully saturated rings. The Bertz CT molecular complexity index is 1240. The molecule has 0 spiro atoms. The molecule has 6 heteroatoms. The number of fused-ring (bicyclic) bond motifs is 2. The summed E-state index contributed by atoms with van der Waals surface area (Å²) in [6.45, 7) is 6.23. The fourth-order valence-electron chi connectivity index (χ4n) is 4.99. The van der Waals surface area contributed by atoms with Crippen LogP contribution in [-0.4, -0.2) is 54.3 Å². The molecule has 180 valence electrons. The monoisotopic (exact) mass is 469 g/mol. The summed E-state index contributed by atoms with van der Waals surface area (Å²) in [5.74, 6) is 3.15. The third-order valence-corrected chi connectivity index (χ3v) is 6.86. The Morgan fingerprint density at radius 1 is 1.06 bits per heavy atom. The number of carbonyl (C=O) groups is 1. The lowest BCUT2D eigenvalue weighted by Crippen LogP contribution is -2.56. The molecule has 3 aromatic rings. The molecule has 5 rings (SSSR count). The minimum atomic E-state index is -0.120. The SMILES string of the molecule is CCC(C(=O)N1CCN(C2=Nc3ccccc3Oc3ccc(OC)cc32)CC1C)c1ccccc1. The van der Waals surface area contributed by atoms with Crippen LogP contribution in [0.2, 0.25) is 0 Å². The van der Waals surface area contributed by atoms with Gasteiger partial charge in [-0.3, -0.25) is 4.79 Å². The molecule has 1 saturated heterocycles. The number of amidine groups is 1. The number of carbonyl (C=O) groups excluding carboxylic acids is 1. The Morgan fingerprint density at radius 2 is 1.83 bits per heavy atom. The molecule has 1 amide bonds. The van der Waals surface area contributed by atoms with E-state index in [2.05, 4.69) is 30.9 Å².